The van der Waals surface area contributed by atoms with E-state index in [0.29, 0.717) is 0 Å². The first kappa shape index (κ1) is 10.1. The molecule has 0 atom stereocenters. The van der Waals surface area contributed by atoms with Crippen LogP contribution in [0.5, 0.6) is 0 Å². The second kappa shape index (κ2) is 4.83. The topological polar surface area (TPSA) is 24.7 Å². The lowest BCUT2D eigenvalue weighted by molar-refractivity contribution is 0.543. The first-order valence-corrected chi connectivity index (χ1v) is 3.68. The summed E-state index contributed by atoms with van der Waals surface area (Å²) < 4.78 is 0. The SMILES string of the molecule is CN=CC=N/C=C/C(C)(C)C. The molecule has 0 bridgehead atoms. The Kier molecular flexibility index (Phi) is 4.42. The molecule has 0 aliphatic carbocycles. The van der Waals surface area contributed by atoms with Gasteiger partial charge in [-0.1, -0.05) is 26.8 Å². The molecule has 0 radical (unpaired) electrons. The molecule has 0 aliphatic rings. The monoisotopic (exact) mass is 152 g/mol. The Labute approximate surface area is 68.8 Å². The van der Waals surface area contributed by atoms with Crippen LogP contribution < -0.4 is 0 Å². The van der Waals surface area contributed by atoms with Crippen molar-refractivity contribution in [1.82, 2.24) is 0 Å². The quantitative estimate of drug-likeness (QED) is 0.542. The number of hydrogen-bond acceptors (Lipinski definition) is 2. The van der Waals surface area contributed by atoms with Crippen LogP contribution in [0.1, 0.15) is 20.8 Å². The molecule has 0 aromatic carbocycles. The lowest BCUT2D eigenvalue weighted by Gasteiger charge is -2.09. The van der Waals surface area contributed by atoms with Crippen molar-refractivity contribution < 1.29 is 0 Å². The van der Waals surface area contributed by atoms with E-state index in [-0.39, 0.29) is 5.41 Å². The maximum absolute atomic E-state index is 3.99. The fraction of sp³-hybridized carbons (Fsp3) is 0.556. The summed E-state index contributed by atoms with van der Waals surface area (Å²) in [5.41, 5.74) is 0.209. The first-order valence-electron chi connectivity index (χ1n) is 3.68. The molecule has 2 heteroatoms. The molecule has 0 aromatic heterocycles. The van der Waals surface area contributed by atoms with Crippen LogP contribution in [0.2, 0.25) is 0 Å². The van der Waals surface area contributed by atoms with Crippen LogP contribution in [0.3, 0.4) is 0 Å². The minimum Gasteiger partial charge on any atom is -0.295 e. The number of aliphatic imine (C=N–C) groups is 2. The molecule has 0 spiro atoms. The Morgan fingerprint density at radius 1 is 1.09 bits per heavy atom. The van der Waals surface area contributed by atoms with E-state index in [1.165, 1.54) is 0 Å². The zero-order chi connectivity index (χ0) is 8.74. The van der Waals surface area contributed by atoms with E-state index in [1.54, 1.807) is 25.7 Å². The maximum atomic E-state index is 3.99. The van der Waals surface area contributed by atoms with E-state index in [1.807, 2.05) is 6.08 Å². The summed E-state index contributed by atoms with van der Waals surface area (Å²) in [7, 11) is 1.72. The second-order valence-corrected chi connectivity index (χ2v) is 3.39. The highest BCUT2D eigenvalue weighted by atomic mass is 14.7. The summed E-state index contributed by atoms with van der Waals surface area (Å²) in [5, 5.41) is 0. The molecule has 62 valence electrons. The summed E-state index contributed by atoms with van der Waals surface area (Å²) in [4.78, 5) is 7.75. The number of hydrogen-bond donors (Lipinski definition) is 0. The van der Waals surface area contributed by atoms with Crippen molar-refractivity contribution in [2.75, 3.05) is 7.05 Å². The predicted molar refractivity (Wildman–Crippen MR) is 51.5 cm³/mol. The highest BCUT2D eigenvalue weighted by Gasteiger charge is 2.01. The van der Waals surface area contributed by atoms with E-state index < -0.39 is 0 Å². The summed E-state index contributed by atoms with van der Waals surface area (Å²) >= 11 is 0. The predicted octanol–water partition coefficient (Wildman–Crippen LogP) is 2.32. The molecule has 0 aliphatic heterocycles. The third kappa shape index (κ3) is 9.08. The Bertz CT molecular complexity index is 170. The molecule has 0 amide bonds. The molecular formula is C9H16N2. The Hall–Kier alpha value is -0.920. The molecule has 2 nitrogen and oxygen atoms in total. The van der Waals surface area contributed by atoms with Gasteiger partial charge in [-0.05, 0) is 5.41 Å². The van der Waals surface area contributed by atoms with Crippen LogP contribution in [0, 0.1) is 5.41 Å². The first-order chi connectivity index (χ1) is 5.06. The van der Waals surface area contributed by atoms with Gasteiger partial charge in [-0.2, -0.15) is 0 Å². The van der Waals surface area contributed by atoms with Gasteiger partial charge >= 0.3 is 0 Å². The van der Waals surface area contributed by atoms with Crippen LogP contribution in [-0.4, -0.2) is 19.5 Å². The van der Waals surface area contributed by atoms with Gasteiger partial charge in [-0.25, -0.2) is 0 Å². The number of rotatable bonds is 2. The highest BCUT2D eigenvalue weighted by Crippen LogP contribution is 2.13. The van der Waals surface area contributed by atoms with Crippen LogP contribution in [-0.2, 0) is 0 Å². The maximum Gasteiger partial charge on any atom is 0.0446 e. The van der Waals surface area contributed by atoms with Crippen LogP contribution in [0.4, 0.5) is 0 Å². The van der Waals surface area contributed by atoms with E-state index in [2.05, 4.69) is 30.8 Å². The second-order valence-electron chi connectivity index (χ2n) is 3.39. The van der Waals surface area contributed by atoms with E-state index in [0.717, 1.165) is 0 Å². The fourth-order valence-electron chi connectivity index (χ4n) is 0.421. The van der Waals surface area contributed by atoms with Gasteiger partial charge in [0.2, 0.25) is 0 Å². The normalized spacial score (nSPS) is 14.2. The van der Waals surface area contributed by atoms with Gasteiger partial charge in [0.05, 0.1) is 0 Å². The molecule has 11 heavy (non-hydrogen) atoms. The minimum absolute atomic E-state index is 0.209. The third-order valence-electron chi connectivity index (χ3n) is 0.962. The standard InChI is InChI=1S/C9H16N2/c1-9(2,3)5-6-11-8-7-10-4/h5-8H,1-4H3/b6-5+,10-7?,11-8?. The number of nitrogens with zero attached hydrogens (tertiary/aromatic N) is 2. The molecular weight excluding hydrogens is 136 g/mol. The summed E-state index contributed by atoms with van der Waals surface area (Å²) in [5.74, 6) is 0. The molecule has 0 saturated heterocycles. The van der Waals surface area contributed by atoms with Crippen molar-refractivity contribution in [1.29, 1.82) is 0 Å². The molecule has 0 saturated carbocycles. The molecule has 0 heterocycles. The van der Waals surface area contributed by atoms with Crippen LogP contribution in [0.15, 0.2) is 22.3 Å². The lowest BCUT2D eigenvalue weighted by atomic mass is 9.97. The Morgan fingerprint density at radius 2 is 1.73 bits per heavy atom. The zero-order valence-electron chi connectivity index (χ0n) is 7.70. The smallest absolute Gasteiger partial charge is 0.0446 e. The molecule has 0 rings (SSSR count). The summed E-state index contributed by atoms with van der Waals surface area (Å²) in [6.45, 7) is 6.40. The van der Waals surface area contributed by atoms with Crippen molar-refractivity contribution in [2.24, 2.45) is 15.4 Å². The van der Waals surface area contributed by atoms with E-state index in [9.17, 15) is 0 Å². The molecule has 0 aromatic rings. The van der Waals surface area contributed by atoms with Gasteiger partial charge in [0.15, 0.2) is 0 Å². The van der Waals surface area contributed by atoms with Gasteiger partial charge in [0, 0.05) is 25.7 Å². The van der Waals surface area contributed by atoms with Crippen molar-refractivity contribution in [3.63, 3.8) is 0 Å². The lowest BCUT2D eigenvalue weighted by Crippen LogP contribution is -1.97. The van der Waals surface area contributed by atoms with Gasteiger partial charge in [-0.15, -0.1) is 0 Å². The largest absolute Gasteiger partial charge is 0.295 e. The van der Waals surface area contributed by atoms with E-state index >= 15 is 0 Å². The van der Waals surface area contributed by atoms with Gasteiger partial charge in [0.25, 0.3) is 0 Å². The van der Waals surface area contributed by atoms with Crippen molar-refractivity contribution >= 4 is 12.4 Å². The Balaban J connectivity index is 3.78. The van der Waals surface area contributed by atoms with Crippen molar-refractivity contribution in [3.05, 3.63) is 12.3 Å². The van der Waals surface area contributed by atoms with Crippen LogP contribution in [0.25, 0.3) is 0 Å². The average molecular weight is 152 g/mol. The van der Waals surface area contributed by atoms with Crippen molar-refractivity contribution in [2.45, 2.75) is 20.8 Å². The average Bonchev–Trinajstić information content (AvgIpc) is 1.85. The molecule has 0 unspecified atom stereocenters. The van der Waals surface area contributed by atoms with Gasteiger partial charge < -0.3 is 0 Å². The Morgan fingerprint density at radius 3 is 2.18 bits per heavy atom. The van der Waals surface area contributed by atoms with Gasteiger partial charge in [0.1, 0.15) is 0 Å². The molecule has 0 N–H and O–H groups in total. The summed E-state index contributed by atoms with van der Waals surface area (Å²) in [6.07, 6.45) is 7.17. The van der Waals surface area contributed by atoms with Crippen LogP contribution >= 0.6 is 0 Å². The minimum atomic E-state index is 0.209. The molecule has 0 fully saturated rings. The highest BCUT2D eigenvalue weighted by molar-refractivity contribution is 6.16. The van der Waals surface area contributed by atoms with Gasteiger partial charge in [-0.3, -0.25) is 9.98 Å². The van der Waals surface area contributed by atoms with E-state index in [4.69, 9.17) is 0 Å². The summed E-state index contributed by atoms with van der Waals surface area (Å²) in [6, 6.07) is 0. The fourth-order valence-corrected chi connectivity index (χ4v) is 0.421. The number of allylic oxidation sites excluding steroid dienone is 1. The third-order valence-corrected chi connectivity index (χ3v) is 0.962. The zero-order valence-corrected chi connectivity index (χ0v) is 7.70. The van der Waals surface area contributed by atoms with Crippen molar-refractivity contribution in [3.8, 4) is 0 Å².